The Balaban J connectivity index is 2.07. The number of hydrogen-bond acceptors (Lipinski definition) is 6. The van der Waals surface area contributed by atoms with E-state index in [1.54, 1.807) is 24.3 Å². The molecule has 5 N–H and O–H groups in total. The van der Waals surface area contributed by atoms with Crippen LogP contribution in [0.25, 0.3) is 0 Å². The van der Waals surface area contributed by atoms with Gasteiger partial charge in [0.1, 0.15) is 12.0 Å². The number of carbonyl (C=O) groups excluding carboxylic acids is 1. The zero-order chi connectivity index (χ0) is 17.0. The van der Waals surface area contributed by atoms with Crippen molar-refractivity contribution in [2.24, 2.45) is 0 Å². The molecule has 2 rings (SSSR count). The monoisotopic (exact) mass is 334 g/mol. The lowest BCUT2D eigenvalue weighted by atomic mass is 10.1. The maximum atomic E-state index is 12.0. The summed E-state index contributed by atoms with van der Waals surface area (Å²) in [5, 5.41) is 3.73. The lowest BCUT2D eigenvalue weighted by Crippen LogP contribution is -2.31. The summed E-state index contributed by atoms with van der Waals surface area (Å²) in [7, 11) is 0. The van der Waals surface area contributed by atoms with Gasteiger partial charge in [-0.2, -0.15) is 0 Å². The second-order valence-corrected chi connectivity index (χ2v) is 6.38. The predicted octanol–water partition coefficient (Wildman–Crippen LogP) is 2.68. The first-order chi connectivity index (χ1) is 10.8. The Bertz CT molecular complexity index is 696. The van der Waals surface area contributed by atoms with E-state index in [0.29, 0.717) is 27.9 Å². The van der Waals surface area contributed by atoms with E-state index in [4.69, 9.17) is 17.3 Å². The van der Waals surface area contributed by atoms with Crippen LogP contribution < -0.4 is 21.9 Å². The molecule has 0 fully saturated rings. The average molecular weight is 335 g/mol. The summed E-state index contributed by atoms with van der Waals surface area (Å²) in [5.74, 6) is 0.481. The van der Waals surface area contributed by atoms with Crippen LogP contribution in [0.4, 0.5) is 17.3 Å². The van der Waals surface area contributed by atoms with E-state index in [-0.39, 0.29) is 11.4 Å². The Morgan fingerprint density at radius 3 is 2.35 bits per heavy atom. The van der Waals surface area contributed by atoms with Crippen molar-refractivity contribution in [3.8, 4) is 0 Å². The lowest BCUT2D eigenvalue weighted by molar-refractivity contribution is 0.0962. The van der Waals surface area contributed by atoms with E-state index in [9.17, 15) is 4.79 Å². The second kappa shape index (κ2) is 6.70. The molecular formula is C15H19ClN6O. The topological polar surface area (TPSA) is 105 Å². The number of benzene rings is 1. The van der Waals surface area contributed by atoms with Crippen LogP contribution in [0.3, 0.4) is 0 Å². The number of nitrogens with two attached hydrogens (primary N) is 1. The van der Waals surface area contributed by atoms with Gasteiger partial charge in [0.05, 0.1) is 0 Å². The predicted molar refractivity (Wildman–Crippen MR) is 92.4 cm³/mol. The first-order valence-electron chi connectivity index (χ1n) is 6.97. The third-order valence-electron chi connectivity index (χ3n) is 2.78. The Morgan fingerprint density at radius 2 is 1.74 bits per heavy atom. The number of aromatic nitrogens is 2. The highest BCUT2D eigenvalue weighted by molar-refractivity contribution is 6.30. The van der Waals surface area contributed by atoms with Crippen molar-refractivity contribution in [3.63, 3.8) is 0 Å². The van der Waals surface area contributed by atoms with Crippen LogP contribution in [-0.4, -0.2) is 21.4 Å². The molecule has 1 aromatic carbocycles. The van der Waals surface area contributed by atoms with Crippen LogP contribution in [0, 0.1) is 0 Å². The highest BCUT2D eigenvalue weighted by atomic mass is 35.5. The molecule has 7 nitrogen and oxygen atoms in total. The summed E-state index contributed by atoms with van der Waals surface area (Å²) < 4.78 is 0. The van der Waals surface area contributed by atoms with E-state index < -0.39 is 0 Å². The van der Waals surface area contributed by atoms with Gasteiger partial charge in [-0.05, 0) is 45.0 Å². The molecule has 0 radical (unpaired) electrons. The normalized spacial score (nSPS) is 11.0. The number of anilines is 3. The largest absolute Gasteiger partial charge is 0.393 e. The lowest BCUT2D eigenvalue weighted by Gasteiger charge is -2.22. The van der Waals surface area contributed by atoms with Gasteiger partial charge in [0.25, 0.3) is 5.91 Å². The van der Waals surface area contributed by atoms with Crippen molar-refractivity contribution in [2.45, 2.75) is 26.3 Å². The summed E-state index contributed by atoms with van der Waals surface area (Å²) in [4.78, 5) is 20.2. The third kappa shape index (κ3) is 4.72. The van der Waals surface area contributed by atoms with Gasteiger partial charge in [-0.3, -0.25) is 15.6 Å². The third-order valence-corrected chi connectivity index (χ3v) is 3.03. The maximum absolute atomic E-state index is 12.0. The SMILES string of the molecule is CC(C)(C)Nc1ncnc(NNC(=O)c2ccc(Cl)cc2)c1N. The molecule has 0 atom stereocenters. The van der Waals surface area contributed by atoms with Crippen LogP contribution >= 0.6 is 11.6 Å². The maximum Gasteiger partial charge on any atom is 0.269 e. The van der Waals surface area contributed by atoms with Crippen LogP contribution in [0.1, 0.15) is 31.1 Å². The Labute approximate surface area is 139 Å². The van der Waals surface area contributed by atoms with E-state index in [2.05, 4.69) is 26.1 Å². The molecule has 0 saturated carbocycles. The number of hydrazine groups is 1. The van der Waals surface area contributed by atoms with Gasteiger partial charge in [0.15, 0.2) is 11.6 Å². The summed E-state index contributed by atoms with van der Waals surface area (Å²) in [6.07, 6.45) is 1.36. The van der Waals surface area contributed by atoms with Crippen molar-refractivity contribution < 1.29 is 4.79 Å². The Hall–Kier alpha value is -2.54. The number of hydrogen-bond donors (Lipinski definition) is 4. The molecule has 1 heterocycles. The quantitative estimate of drug-likeness (QED) is 0.641. The molecule has 23 heavy (non-hydrogen) atoms. The van der Waals surface area contributed by atoms with Crippen molar-refractivity contribution in [1.82, 2.24) is 15.4 Å². The minimum Gasteiger partial charge on any atom is -0.393 e. The number of carbonyl (C=O) groups is 1. The molecule has 0 bridgehead atoms. The Kier molecular flexibility index (Phi) is 4.90. The average Bonchev–Trinajstić information content (AvgIpc) is 2.47. The number of nitrogens with zero attached hydrogens (tertiary/aromatic N) is 2. The summed E-state index contributed by atoms with van der Waals surface area (Å²) in [6.45, 7) is 5.97. The summed E-state index contributed by atoms with van der Waals surface area (Å²) in [5.41, 5.74) is 11.8. The van der Waals surface area contributed by atoms with Crippen LogP contribution in [0.2, 0.25) is 5.02 Å². The molecule has 0 aliphatic rings. The molecule has 0 aliphatic carbocycles. The molecule has 1 amide bonds. The van der Waals surface area contributed by atoms with Crippen molar-refractivity contribution in [1.29, 1.82) is 0 Å². The van der Waals surface area contributed by atoms with Crippen LogP contribution in [0.5, 0.6) is 0 Å². The first-order valence-corrected chi connectivity index (χ1v) is 7.34. The minimum absolute atomic E-state index is 0.202. The van der Waals surface area contributed by atoms with Crippen molar-refractivity contribution in [2.75, 3.05) is 16.5 Å². The van der Waals surface area contributed by atoms with Crippen molar-refractivity contribution >= 4 is 34.8 Å². The molecule has 0 unspecified atom stereocenters. The number of amides is 1. The highest BCUT2D eigenvalue weighted by Crippen LogP contribution is 2.24. The Morgan fingerprint density at radius 1 is 1.13 bits per heavy atom. The molecule has 2 aromatic rings. The summed E-state index contributed by atoms with van der Waals surface area (Å²) in [6, 6.07) is 6.52. The number of halogens is 1. The van der Waals surface area contributed by atoms with Crippen molar-refractivity contribution in [3.05, 3.63) is 41.2 Å². The minimum atomic E-state index is -0.329. The molecule has 0 aliphatic heterocycles. The van der Waals surface area contributed by atoms with Gasteiger partial charge in [0.2, 0.25) is 0 Å². The molecule has 122 valence electrons. The van der Waals surface area contributed by atoms with E-state index >= 15 is 0 Å². The zero-order valence-corrected chi connectivity index (χ0v) is 13.9. The van der Waals surface area contributed by atoms with Gasteiger partial charge in [-0.15, -0.1) is 0 Å². The standard InChI is InChI=1S/C15H19ClN6O/c1-15(2,3)20-12-11(17)13(19-8-18-12)21-22-14(23)9-4-6-10(16)7-5-9/h4-8H,17H2,1-3H3,(H,22,23)(H2,18,19,20,21). The molecular weight excluding hydrogens is 316 g/mol. The fraction of sp³-hybridized carbons (Fsp3) is 0.267. The smallest absolute Gasteiger partial charge is 0.269 e. The van der Waals surface area contributed by atoms with Gasteiger partial charge in [-0.25, -0.2) is 9.97 Å². The summed E-state index contributed by atoms with van der Waals surface area (Å²) >= 11 is 5.79. The molecule has 8 heteroatoms. The van der Waals surface area contributed by atoms with Crippen LogP contribution in [-0.2, 0) is 0 Å². The fourth-order valence-corrected chi connectivity index (χ4v) is 1.87. The highest BCUT2D eigenvalue weighted by Gasteiger charge is 2.15. The fourth-order valence-electron chi connectivity index (χ4n) is 1.74. The van der Waals surface area contributed by atoms with E-state index in [1.165, 1.54) is 6.33 Å². The van der Waals surface area contributed by atoms with Gasteiger partial charge in [-0.1, -0.05) is 11.6 Å². The second-order valence-electron chi connectivity index (χ2n) is 5.95. The molecule has 1 aromatic heterocycles. The number of nitrogen functional groups attached to an aromatic ring is 1. The molecule has 0 spiro atoms. The number of rotatable bonds is 4. The first kappa shape index (κ1) is 16.8. The van der Waals surface area contributed by atoms with Crippen LogP contribution in [0.15, 0.2) is 30.6 Å². The zero-order valence-electron chi connectivity index (χ0n) is 13.1. The van der Waals surface area contributed by atoms with Gasteiger partial charge >= 0.3 is 0 Å². The van der Waals surface area contributed by atoms with E-state index in [1.807, 2.05) is 20.8 Å². The molecule has 0 saturated heterocycles. The van der Waals surface area contributed by atoms with Gasteiger partial charge < -0.3 is 11.1 Å². The van der Waals surface area contributed by atoms with Gasteiger partial charge in [0, 0.05) is 16.1 Å². The number of nitrogens with one attached hydrogen (secondary N) is 3. The van der Waals surface area contributed by atoms with E-state index in [0.717, 1.165) is 0 Å².